The van der Waals surface area contributed by atoms with Crippen LogP contribution in [0.3, 0.4) is 0 Å². The molecule has 1 aliphatic rings. The Balaban J connectivity index is 2.33. The van der Waals surface area contributed by atoms with Crippen LogP contribution in [0.25, 0.3) is 0 Å². The zero-order valence-corrected chi connectivity index (χ0v) is 7.62. The first-order chi connectivity index (χ1) is 5.70. The van der Waals surface area contributed by atoms with Crippen LogP contribution in [0.5, 0.6) is 0 Å². The van der Waals surface area contributed by atoms with Gasteiger partial charge in [0.05, 0.1) is 11.9 Å². The molecular weight excluding hydrogens is 150 g/mol. The van der Waals surface area contributed by atoms with E-state index in [0.29, 0.717) is 5.92 Å². The standard InChI is InChI=1S/C9H15N3/c1-6(10)8-5-11-9(12(8)2)7-3-4-7/h5-7H,3-4,10H2,1-2H3. The molecule has 3 nitrogen and oxygen atoms in total. The molecule has 0 bridgehead atoms. The molecule has 1 heterocycles. The summed E-state index contributed by atoms with van der Waals surface area (Å²) in [4.78, 5) is 4.38. The lowest BCUT2D eigenvalue weighted by molar-refractivity contribution is 0.687. The Labute approximate surface area is 72.6 Å². The molecule has 12 heavy (non-hydrogen) atoms. The zero-order chi connectivity index (χ0) is 8.72. The van der Waals surface area contributed by atoms with E-state index >= 15 is 0 Å². The lowest BCUT2D eigenvalue weighted by atomic mass is 10.3. The van der Waals surface area contributed by atoms with Gasteiger partial charge in [-0.2, -0.15) is 0 Å². The maximum Gasteiger partial charge on any atom is 0.111 e. The van der Waals surface area contributed by atoms with E-state index in [1.807, 2.05) is 13.1 Å². The fourth-order valence-electron chi connectivity index (χ4n) is 1.58. The first-order valence-electron chi connectivity index (χ1n) is 4.47. The summed E-state index contributed by atoms with van der Waals surface area (Å²) in [6.07, 6.45) is 4.49. The molecule has 1 aromatic heterocycles. The lowest BCUT2D eigenvalue weighted by Crippen LogP contribution is -2.10. The molecule has 1 atom stereocenters. The molecule has 0 spiro atoms. The van der Waals surface area contributed by atoms with Crippen LogP contribution in [0.2, 0.25) is 0 Å². The molecule has 1 aromatic rings. The van der Waals surface area contributed by atoms with Gasteiger partial charge >= 0.3 is 0 Å². The van der Waals surface area contributed by atoms with Gasteiger partial charge < -0.3 is 10.3 Å². The molecule has 0 aromatic carbocycles. The molecule has 1 unspecified atom stereocenters. The van der Waals surface area contributed by atoms with Crippen molar-refractivity contribution in [3.63, 3.8) is 0 Å². The topological polar surface area (TPSA) is 43.8 Å². The van der Waals surface area contributed by atoms with Gasteiger partial charge in [-0.25, -0.2) is 4.98 Å². The molecule has 2 N–H and O–H groups in total. The van der Waals surface area contributed by atoms with Crippen molar-refractivity contribution in [3.8, 4) is 0 Å². The van der Waals surface area contributed by atoms with E-state index in [1.54, 1.807) is 0 Å². The van der Waals surface area contributed by atoms with E-state index in [1.165, 1.54) is 18.7 Å². The number of nitrogens with zero attached hydrogens (tertiary/aromatic N) is 2. The quantitative estimate of drug-likeness (QED) is 0.718. The fraction of sp³-hybridized carbons (Fsp3) is 0.667. The highest BCUT2D eigenvalue weighted by Crippen LogP contribution is 2.39. The van der Waals surface area contributed by atoms with Crippen molar-refractivity contribution in [3.05, 3.63) is 17.7 Å². The summed E-state index contributed by atoms with van der Waals surface area (Å²) in [6.45, 7) is 1.99. The molecule has 0 aliphatic heterocycles. The molecule has 0 radical (unpaired) electrons. The van der Waals surface area contributed by atoms with E-state index < -0.39 is 0 Å². The van der Waals surface area contributed by atoms with Gasteiger partial charge in [0.25, 0.3) is 0 Å². The van der Waals surface area contributed by atoms with E-state index in [-0.39, 0.29) is 6.04 Å². The molecule has 1 fully saturated rings. The highest BCUT2D eigenvalue weighted by Gasteiger charge is 2.28. The minimum Gasteiger partial charge on any atom is -0.333 e. The summed E-state index contributed by atoms with van der Waals surface area (Å²) in [7, 11) is 2.05. The van der Waals surface area contributed by atoms with Crippen LogP contribution in [-0.2, 0) is 7.05 Å². The number of hydrogen-bond donors (Lipinski definition) is 1. The summed E-state index contributed by atoms with van der Waals surface area (Å²) < 4.78 is 2.14. The number of hydrogen-bond acceptors (Lipinski definition) is 2. The Morgan fingerprint density at radius 1 is 1.67 bits per heavy atom. The first kappa shape index (κ1) is 7.80. The Bertz CT molecular complexity index is 264. The van der Waals surface area contributed by atoms with Gasteiger partial charge in [-0.15, -0.1) is 0 Å². The minimum atomic E-state index is 0.0926. The molecule has 0 amide bonds. The Kier molecular flexibility index (Phi) is 1.68. The van der Waals surface area contributed by atoms with Crippen molar-refractivity contribution in [1.82, 2.24) is 9.55 Å². The third-order valence-corrected chi connectivity index (χ3v) is 2.47. The maximum atomic E-state index is 5.79. The highest BCUT2D eigenvalue weighted by molar-refractivity contribution is 5.14. The second kappa shape index (κ2) is 2.59. The summed E-state index contributed by atoms with van der Waals surface area (Å²) in [5, 5.41) is 0. The number of nitrogens with two attached hydrogens (primary N) is 1. The maximum absolute atomic E-state index is 5.79. The Hall–Kier alpha value is -0.830. The Morgan fingerprint density at radius 2 is 2.33 bits per heavy atom. The number of rotatable bonds is 2. The average Bonchev–Trinajstić information content (AvgIpc) is 2.75. The fourth-order valence-corrected chi connectivity index (χ4v) is 1.58. The van der Waals surface area contributed by atoms with Crippen molar-refractivity contribution in [2.45, 2.75) is 31.7 Å². The van der Waals surface area contributed by atoms with Crippen LogP contribution in [0.15, 0.2) is 6.20 Å². The predicted octanol–water partition coefficient (Wildman–Crippen LogP) is 1.32. The highest BCUT2D eigenvalue weighted by atomic mass is 15.1. The van der Waals surface area contributed by atoms with Crippen LogP contribution in [0, 0.1) is 0 Å². The summed E-state index contributed by atoms with van der Waals surface area (Å²) in [6, 6.07) is 0.0926. The second-order valence-electron chi connectivity index (χ2n) is 3.66. The van der Waals surface area contributed by atoms with Gasteiger partial charge in [0.15, 0.2) is 0 Å². The average molecular weight is 165 g/mol. The molecule has 0 saturated heterocycles. The zero-order valence-electron chi connectivity index (χ0n) is 7.62. The third-order valence-electron chi connectivity index (χ3n) is 2.47. The number of imidazole rings is 1. The van der Waals surface area contributed by atoms with Gasteiger partial charge in [-0.1, -0.05) is 0 Å². The monoisotopic (exact) mass is 165 g/mol. The van der Waals surface area contributed by atoms with E-state index in [9.17, 15) is 0 Å². The predicted molar refractivity (Wildman–Crippen MR) is 47.8 cm³/mol. The van der Waals surface area contributed by atoms with Gasteiger partial charge in [-0.3, -0.25) is 0 Å². The first-order valence-corrected chi connectivity index (χ1v) is 4.47. The molecule has 66 valence electrons. The van der Waals surface area contributed by atoms with E-state index in [4.69, 9.17) is 5.73 Å². The van der Waals surface area contributed by atoms with Crippen molar-refractivity contribution >= 4 is 0 Å². The SMILES string of the molecule is CC(N)c1cnc(C2CC2)n1C. The Morgan fingerprint density at radius 3 is 2.75 bits per heavy atom. The van der Waals surface area contributed by atoms with Crippen LogP contribution < -0.4 is 5.73 Å². The van der Waals surface area contributed by atoms with E-state index in [2.05, 4.69) is 16.6 Å². The smallest absolute Gasteiger partial charge is 0.111 e. The second-order valence-corrected chi connectivity index (χ2v) is 3.66. The van der Waals surface area contributed by atoms with Gasteiger partial charge in [0.2, 0.25) is 0 Å². The molecular formula is C9H15N3. The van der Waals surface area contributed by atoms with Crippen LogP contribution in [-0.4, -0.2) is 9.55 Å². The van der Waals surface area contributed by atoms with Gasteiger partial charge in [-0.05, 0) is 19.8 Å². The molecule has 3 heteroatoms. The molecule has 1 saturated carbocycles. The van der Waals surface area contributed by atoms with E-state index in [0.717, 1.165) is 5.69 Å². The normalized spacial score (nSPS) is 19.6. The van der Waals surface area contributed by atoms with Crippen molar-refractivity contribution in [1.29, 1.82) is 0 Å². The number of aromatic nitrogens is 2. The van der Waals surface area contributed by atoms with Crippen LogP contribution in [0.4, 0.5) is 0 Å². The van der Waals surface area contributed by atoms with Crippen molar-refractivity contribution < 1.29 is 0 Å². The summed E-state index contributed by atoms with van der Waals surface area (Å²) >= 11 is 0. The minimum absolute atomic E-state index is 0.0926. The van der Waals surface area contributed by atoms with Crippen LogP contribution in [0.1, 0.15) is 43.2 Å². The largest absolute Gasteiger partial charge is 0.333 e. The lowest BCUT2D eigenvalue weighted by Gasteiger charge is -2.07. The summed E-state index contributed by atoms with van der Waals surface area (Å²) in [5.41, 5.74) is 6.92. The van der Waals surface area contributed by atoms with Crippen molar-refractivity contribution in [2.75, 3.05) is 0 Å². The van der Waals surface area contributed by atoms with Gasteiger partial charge in [0, 0.05) is 19.0 Å². The van der Waals surface area contributed by atoms with Crippen LogP contribution >= 0.6 is 0 Å². The molecule has 1 aliphatic carbocycles. The third kappa shape index (κ3) is 1.14. The van der Waals surface area contributed by atoms with Gasteiger partial charge in [0.1, 0.15) is 5.82 Å². The summed E-state index contributed by atoms with van der Waals surface area (Å²) in [5.74, 6) is 1.92. The van der Waals surface area contributed by atoms with Crippen molar-refractivity contribution in [2.24, 2.45) is 12.8 Å². The molecule has 2 rings (SSSR count).